The highest BCUT2D eigenvalue weighted by molar-refractivity contribution is 9.10. The van der Waals surface area contributed by atoms with Crippen LogP contribution in [-0.2, 0) is 0 Å². The number of hydrogen-bond acceptors (Lipinski definition) is 1. The molecule has 0 radical (unpaired) electrons. The highest BCUT2D eigenvalue weighted by Gasteiger charge is 2.08. The number of rotatable bonds is 3. The smallest absolute Gasteiger partial charge is 0.125 e. The molecule has 2 aromatic carbocycles. The first kappa shape index (κ1) is 13.1. The van der Waals surface area contributed by atoms with E-state index in [9.17, 15) is 4.39 Å². The Bertz CT molecular complexity index is 537. The van der Waals surface area contributed by atoms with Gasteiger partial charge in [0.2, 0.25) is 0 Å². The van der Waals surface area contributed by atoms with Crippen LogP contribution < -0.4 is 5.32 Å². The van der Waals surface area contributed by atoms with Gasteiger partial charge >= 0.3 is 0 Å². The second kappa shape index (κ2) is 5.53. The first-order valence-electron chi connectivity index (χ1n) is 5.84. The van der Waals surface area contributed by atoms with Crippen molar-refractivity contribution in [2.75, 3.05) is 5.32 Å². The summed E-state index contributed by atoms with van der Waals surface area (Å²) in [5.41, 5.74) is 3.18. The van der Waals surface area contributed by atoms with Crippen LogP contribution in [0, 0.1) is 12.7 Å². The van der Waals surface area contributed by atoms with Crippen LogP contribution in [0.1, 0.15) is 24.1 Å². The summed E-state index contributed by atoms with van der Waals surface area (Å²) in [6.45, 7) is 4.12. The van der Waals surface area contributed by atoms with E-state index in [0.29, 0.717) is 0 Å². The molecule has 0 heterocycles. The van der Waals surface area contributed by atoms with Gasteiger partial charge < -0.3 is 5.32 Å². The zero-order chi connectivity index (χ0) is 13.1. The minimum atomic E-state index is -0.239. The molecular formula is C15H15BrFN. The molecule has 0 aliphatic heterocycles. The van der Waals surface area contributed by atoms with Crippen LogP contribution >= 0.6 is 15.9 Å². The quantitative estimate of drug-likeness (QED) is 0.834. The molecular weight excluding hydrogens is 293 g/mol. The van der Waals surface area contributed by atoms with Gasteiger partial charge in [-0.2, -0.15) is 0 Å². The van der Waals surface area contributed by atoms with Crippen molar-refractivity contribution >= 4 is 21.6 Å². The van der Waals surface area contributed by atoms with Gasteiger partial charge in [-0.3, -0.25) is 0 Å². The Balaban J connectivity index is 2.18. The monoisotopic (exact) mass is 307 g/mol. The van der Waals surface area contributed by atoms with E-state index in [1.807, 2.05) is 0 Å². The number of hydrogen-bond donors (Lipinski definition) is 1. The summed E-state index contributed by atoms with van der Waals surface area (Å²) in [7, 11) is 0. The molecule has 3 heteroatoms. The van der Waals surface area contributed by atoms with Gasteiger partial charge in [-0.1, -0.05) is 29.8 Å². The molecule has 2 aromatic rings. The molecule has 0 spiro atoms. The van der Waals surface area contributed by atoms with Crippen molar-refractivity contribution in [3.63, 3.8) is 0 Å². The molecule has 0 saturated heterocycles. The topological polar surface area (TPSA) is 12.0 Å². The van der Waals surface area contributed by atoms with Gasteiger partial charge in [-0.15, -0.1) is 0 Å². The predicted octanol–water partition coefficient (Wildman–Crippen LogP) is 5.07. The Morgan fingerprint density at radius 3 is 2.44 bits per heavy atom. The normalized spacial score (nSPS) is 12.2. The fourth-order valence-corrected chi connectivity index (χ4v) is 2.14. The summed E-state index contributed by atoms with van der Waals surface area (Å²) in [6, 6.07) is 13.1. The third-order valence-electron chi connectivity index (χ3n) is 2.88. The van der Waals surface area contributed by atoms with Crippen LogP contribution in [0.15, 0.2) is 46.9 Å². The van der Waals surface area contributed by atoms with Gasteiger partial charge in [0, 0.05) is 10.5 Å². The van der Waals surface area contributed by atoms with Crippen molar-refractivity contribution in [3.05, 3.63) is 63.9 Å². The van der Waals surface area contributed by atoms with Crippen LogP contribution in [0.5, 0.6) is 0 Å². The van der Waals surface area contributed by atoms with Gasteiger partial charge in [0.15, 0.2) is 0 Å². The van der Waals surface area contributed by atoms with Crippen LogP contribution in [0.4, 0.5) is 10.1 Å². The maximum atomic E-state index is 13.2. The zero-order valence-electron chi connectivity index (χ0n) is 10.4. The third-order valence-corrected chi connectivity index (χ3v) is 3.57. The van der Waals surface area contributed by atoms with Gasteiger partial charge in [0.1, 0.15) is 5.82 Å². The van der Waals surface area contributed by atoms with Crippen molar-refractivity contribution in [1.82, 2.24) is 0 Å². The largest absolute Gasteiger partial charge is 0.378 e. The number of nitrogens with one attached hydrogen (secondary N) is 1. The van der Waals surface area contributed by atoms with Gasteiger partial charge in [-0.05, 0) is 53.5 Å². The SMILES string of the molecule is Cc1ccc(C(C)Nc2cc(F)ccc2Br)cc1. The van der Waals surface area contributed by atoms with E-state index in [2.05, 4.69) is 59.4 Å². The molecule has 0 aliphatic rings. The first-order valence-corrected chi connectivity index (χ1v) is 6.64. The van der Waals surface area contributed by atoms with E-state index >= 15 is 0 Å². The Hall–Kier alpha value is -1.35. The Kier molecular flexibility index (Phi) is 4.02. The molecule has 94 valence electrons. The van der Waals surface area contributed by atoms with Crippen molar-refractivity contribution in [3.8, 4) is 0 Å². The molecule has 1 N–H and O–H groups in total. The fourth-order valence-electron chi connectivity index (χ4n) is 1.78. The highest BCUT2D eigenvalue weighted by atomic mass is 79.9. The second-order valence-electron chi connectivity index (χ2n) is 4.40. The van der Waals surface area contributed by atoms with E-state index in [1.165, 1.54) is 23.3 Å². The lowest BCUT2D eigenvalue weighted by molar-refractivity contribution is 0.627. The fraction of sp³-hybridized carbons (Fsp3) is 0.200. The van der Waals surface area contributed by atoms with Crippen LogP contribution in [-0.4, -0.2) is 0 Å². The molecule has 2 rings (SSSR count). The van der Waals surface area contributed by atoms with Crippen LogP contribution in [0.3, 0.4) is 0 Å². The lowest BCUT2D eigenvalue weighted by atomic mass is 10.1. The van der Waals surface area contributed by atoms with Crippen molar-refractivity contribution in [2.24, 2.45) is 0 Å². The minimum absolute atomic E-state index is 0.128. The van der Waals surface area contributed by atoms with Crippen molar-refractivity contribution in [1.29, 1.82) is 0 Å². The summed E-state index contributed by atoms with van der Waals surface area (Å²) < 4.78 is 14.1. The predicted molar refractivity (Wildman–Crippen MR) is 77.3 cm³/mol. The molecule has 18 heavy (non-hydrogen) atoms. The van der Waals surface area contributed by atoms with Crippen molar-refractivity contribution in [2.45, 2.75) is 19.9 Å². The third kappa shape index (κ3) is 3.10. The van der Waals surface area contributed by atoms with Crippen LogP contribution in [0.2, 0.25) is 0 Å². The molecule has 0 fully saturated rings. The molecule has 0 aromatic heterocycles. The van der Waals surface area contributed by atoms with Crippen LogP contribution in [0.25, 0.3) is 0 Å². The Labute approximate surface area is 115 Å². The molecule has 0 saturated carbocycles. The summed E-state index contributed by atoms with van der Waals surface area (Å²) in [5.74, 6) is -0.239. The summed E-state index contributed by atoms with van der Waals surface area (Å²) in [6.07, 6.45) is 0. The number of halogens is 2. The second-order valence-corrected chi connectivity index (χ2v) is 5.26. The summed E-state index contributed by atoms with van der Waals surface area (Å²) in [5, 5.41) is 3.30. The average molecular weight is 308 g/mol. The minimum Gasteiger partial charge on any atom is -0.378 e. The molecule has 0 bridgehead atoms. The Morgan fingerprint density at radius 1 is 1.11 bits per heavy atom. The maximum absolute atomic E-state index is 13.2. The number of anilines is 1. The molecule has 1 atom stereocenters. The maximum Gasteiger partial charge on any atom is 0.125 e. The summed E-state index contributed by atoms with van der Waals surface area (Å²) in [4.78, 5) is 0. The van der Waals surface area contributed by atoms with E-state index < -0.39 is 0 Å². The lowest BCUT2D eigenvalue weighted by Crippen LogP contribution is -2.07. The molecule has 1 nitrogen and oxygen atoms in total. The number of aryl methyl sites for hydroxylation is 1. The van der Waals surface area contributed by atoms with Crippen molar-refractivity contribution < 1.29 is 4.39 Å². The van der Waals surface area contributed by atoms with E-state index in [0.717, 1.165) is 10.2 Å². The van der Waals surface area contributed by atoms with Gasteiger partial charge in [0.05, 0.1) is 5.69 Å². The average Bonchev–Trinajstić information content (AvgIpc) is 2.34. The van der Waals surface area contributed by atoms with E-state index in [-0.39, 0.29) is 11.9 Å². The molecule has 0 aliphatic carbocycles. The van der Waals surface area contributed by atoms with Gasteiger partial charge in [0.25, 0.3) is 0 Å². The Morgan fingerprint density at radius 2 is 1.78 bits per heavy atom. The summed E-state index contributed by atoms with van der Waals surface area (Å²) >= 11 is 3.41. The molecule has 0 amide bonds. The van der Waals surface area contributed by atoms with E-state index in [1.54, 1.807) is 6.07 Å². The van der Waals surface area contributed by atoms with Gasteiger partial charge in [-0.25, -0.2) is 4.39 Å². The standard InChI is InChI=1S/C15H15BrFN/c1-10-3-5-12(6-4-10)11(2)18-15-9-13(17)7-8-14(15)16/h3-9,11,18H,1-2H3. The zero-order valence-corrected chi connectivity index (χ0v) is 12.0. The highest BCUT2D eigenvalue weighted by Crippen LogP contribution is 2.27. The van der Waals surface area contributed by atoms with E-state index in [4.69, 9.17) is 0 Å². The molecule has 1 unspecified atom stereocenters. The first-order chi connectivity index (χ1) is 8.56. The lowest BCUT2D eigenvalue weighted by Gasteiger charge is -2.17. The number of benzene rings is 2.